The van der Waals surface area contributed by atoms with Gasteiger partial charge in [0.05, 0.1) is 26.4 Å². The lowest BCUT2D eigenvalue weighted by Gasteiger charge is -2.24. The van der Waals surface area contributed by atoms with Crippen molar-refractivity contribution in [1.82, 2.24) is 0 Å². The van der Waals surface area contributed by atoms with E-state index in [1.165, 1.54) is 0 Å². The third-order valence-corrected chi connectivity index (χ3v) is 11.6. The first-order chi connectivity index (χ1) is 14.2. The van der Waals surface area contributed by atoms with Gasteiger partial charge in [-0.1, -0.05) is 26.7 Å². The molecule has 0 spiro atoms. The van der Waals surface area contributed by atoms with Crippen LogP contribution in [0.3, 0.4) is 0 Å². The van der Waals surface area contributed by atoms with Crippen LogP contribution in [0.25, 0.3) is 0 Å². The van der Waals surface area contributed by atoms with Gasteiger partial charge >= 0.3 is 15.2 Å². The first-order valence-corrected chi connectivity index (χ1v) is 15.4. The third-order valence-electron chi connectivity index (χ3n) is 4.10. The molecule has 0 unspecified atom stereocenters. The van der Waals surface area contributed by atoms with Crippen LogP contribution < -0.4 is 0 Å². The molecule has 10 heteroatoms. The summed E-state index contributed by atoms with van der Waals surface area (Å²) in [7, 11) is -7.09. The topological polar surface area (TPSA) is 71.1 Å². The van der Waals surface area contributed by atoms with E-state index in [0.717, 1.165) is 36.8 Å². The predicted octanol–water partition coefficient (Wildman–Crippen LogP) is 9.11. The lowest BCUT2D eigenvalue weighted by atomic mass is 9.99. The Hall–Kier alpha value is 0.740. The average molecular weight is 596 g/mol. The van der Waals surface area contributed by atoms with Crippen LogP contribution in [0.15, 0.2) is 19.6 Å². The maximum absolute atomic E-state index is 13.5. The van der Waals surface area contributed by atoms with Gasteiger partial charge in [-0.2, -0.15) is 0 Å². The molecule has 178 valence electrons. The molecule has 0 N–H and O–H groups in total. The highest BCUT2D eigenvalue weighted by Crippen LogP contribution is 2.65. The fourth-order valence-electron chi connectivity index (χ4n) is 2.78. The van der Waals surface area contributed by atoms with Crippen molar-refractivity contribution in [3.8, 4) is 0 Å². The van der Waals surface area contributed by atoms with Gasteiger partial charge in [-0.25, -0.2) is 0 Å². The van der Waals surface area contributed by atoms with E-state index in [0.29, 0.717) is 21.3 Å². The Bertz CT molecular complexity index is 588. The molecule has 0 aromatic heterocycles. The zero-order chi connectivity index (χ0) is 23.2. The molecule has 0 fully saturated rings. The molecule has 0 saturated heterocycles. The summed E-state index contributed by atoms with van der Waals surface area (Å²) < 4.78 is 50.0. The standard InChI is InChI=1S/C20H38Br2O6P2/c1-7-13-15-17(19(21)29(23,25-9-3)26-10-4)18(16-14-8-2)20(22)30(24,27-11-5)28-12-6/h7-16H2,1-6H3/b19-17+,20-18+. The van der Waals surface area contributed by atoms with Gasteiger partial charge in [0.15, 0.2) is 0 Å². The van der Waals surface area contributed by atoms with E-state index < -0.39 is 15.2 Å². The first-order valence-electron chi connectivity index (χ1n) is 10.8. The Balaban J connectivity index is 6.88. The van der Waals surface area contributed by atoms with Gasteiger partial charge in [-0.3, -0.25) is 9.13 Å². The van der Waals surface area contributed by atoms with Crippen LogP contribution in [-0.2, 0) is 27.2 Å². The van der Waals surface area contributed by atoms with E-state index in [4.69, 9.17) is 18.1 Å². The second-order valence-electron chi connectivity index (χ2n) is 6.41. The number of hydrogen-bond donors (Lipinski definition) is 0. The number of rotatable bonds is 17. The maximum Gasteiger partial charge on any atom is 0.368 e. The minimum atomic E-state index is -3.55. The monoisotopic (exact) mass is 594 g/mol. The Morgan fingerprint density at radius 2 is 0.867 bits per heavy atom. The molecule has 0 heterocycles. The number of hydrogen-bond acceptors (Lipinski definition) is 6. The summed E-state index contributed by atoms with van der Waals surface area (Å²) in [5.74, 6) is 0. The number of unbranched alkanes of at least 4 members (excludes halogenated alkanes) is 2. The fourth-order valence-corrected chi connectivity index (χ4v) is 8.00. The molecule has 30 heavy (non-hydrogen) atoms. The molecule has 0 bridgehead atoms. The molecule has 0 aliphatic carbocycles. The van der Waals surface area contributed by atoms with E-state index in [9.17, 15) is 9.13 Å². The lowest BCUT2D eigenvalue weighted by Crippen LogP contribution is -2.04. The van der Waals surface area contributed by atoms with Crippen LogP contribution in [0.2, 0.25) is 0 Å². The van der Waals surface area contributed by atoms with E-state index in [1.54, 1.807) is 27.7 Å². The average Bonchev–Trinajstić information content (AvgIpc) is 2.70. The van der Waals surface area contributed by atoms with Crippen LogP contribution in [0.4, 0.5) is 0 Å². The van der Waals surface area contributed by atoms with E-state index in [-0.39, 0.29) is 26.4 Å². The molecule has 0 aliphatic rings. The predicted molar refractivity (Wildman–Crippen MR) is 133 cm³/mol. The Kier molecular flexibility index (Phi) is 16.8. The first kappa shape index (κ1) is 30.7. The third kappa shape index (κ3) is 9.31. The van der Waals surface area contributed by atoms with E-state index >= 15 is 0 Å². The highest BCUT2D eigenvalue weighted by Gasteiger charge is 2.36. The van der Waals surface area contributed by atoms with Crippen molar-refractivity contribution in [1.29, 1.82) is 0 Å². The quantitative estimate of drug-likeness (QED) is 0.123. The molecule has 0 atom stereocenters. The molecule has 0 radical (unpaired) electrons. The Morgan fingerprint density at radius 1 is 0.600 bits per heavy atom. The molecule has 0 aromatic carbocycles. The summed E-state index contributed by atoms with van der Waals surface area (Å²) >= 11 is 7.09. The van der Waals surface area contributed by atoms with Gasteiger partial charge in [-0.05, 0) is 96.4 Å². The van der Waals surface area contributed by atoms with Gasteiger partial charge in [-0.15, -0.1) is 0 Å². The molecular weight excluding hydrogens is 558 g/mol. The molecule has 0 saturated carbocycles. The van der Waals surface area contributed by atoms with E-state index in [1.807, 2.05) is 0 Å². The van der Waals surface area contributed by atoms with Gasteiger partial charge < -0.3 is 18.1 Å². The van der Waals surface area contributed by atoms with Crippen LogP contribution in [0.5, 0.6) is 0 Å². The summed E-state index contributed by atoms with van der Waals surface area (Å²) in [6.45, 7) is 12.3. The SMILES string of the molecule is CCCCC(/C(CCCC)=C(\Br)P(=O)(OCC)OCC)=C(/Br)P(=O)(OCC)OCC. The van der Waals surface area contributed by atoms with Crippen molar-refractivity contribution in [2.24, 2.45) is 0 Å². The van der Waals surface area contributed by atoms with Crippen molar-refractivity contribution < 1.29 is 27.2 Å². The minimum absolute atomic E-state index is 0.249. The minimum Gasteiger partial charge on any atom is -0.305 e. The molecule has 6 nitrogen and oxygen atoms in total. The van der Waals surface area contributed by atoms with Crippen molar-refractivity contribution in [3.05, 3.63) is 19.6 Å². The highest BCUT2D eigenvalue weighted by molar-refractivity contribution is 9.13. The van der Waals surface area contributed by atoms with Gasteiger partial charge in [0.2, 0.25) is 0 Å². The zero-order valence-electron chi connectivity index (χ0n) is 19.2. The number of allylic oxidation sites excluding steroid dienone is 2. The largest absolute Gasteiger partial charge is 0.368 e. The summed E-state index contributed by atoms with van der Waals surface area (Å²) in [5, 5.41) is 0. The van der Waals surface area contributed by atoms with Crippen LogP contribution in [-0.4, -0.2) is 26.4 Å². The van der Waals surface area contributed by atoms with Crippen LogP contribution in [0, 0.1) is 0 Å². The van der Waals surface area contributed by atoms with Gasteiger partial charge in [0.25, 0.3) is 0 Å². The second-order valence-corrected chi connectivity index (χ2v) is 13.1. The van der Waals surface area contributed by atoms with Crippen molar-refractivity contribution in [3.63, 3.8) is 0 Å². The van der Waals surface area contributed by atoms with Gasteiger partial charge in [0.1, 0.15) is 8.45 Å². The molecule has 0 aliphatic heterocycles. The summed E-state index contributed by atoms with van der Waals surface area (Å²) in [4.78, 5) is 0. The fraction of sp³-hybridized carbons (Fsp3) is 0.800. The molecule has 0 aromatic rings. The van der Waals surface area contributed by atoms with Crippen molar-refractivity contribution >= 4 is 47.1 Å². The highest BCUT2D eigenvalue weighted by atomic mass is 79.9. The second kappa shape index (κ2) is 16.4. The van der Waals surface area contributed by atoms with Crippen LogP contribution in [0.1, 0.15) is 80.1 Å². The smallest absolute Gasteiger partial charge is 0.305 e. The Labute approximate surface area is 199 Å². The van der Waals surface area contributed by atoms with Crippen molar-refractivity contribution in [2.45, 2.75) is 80.1 Å². The molecular formula is C20H38Br2O6P2. The van der Waals surface area contributed by atoms with Gasteiger partial charge in [0, 0.05) is 0 Å². The lowest BCUT2D eigenvalue weighted by molar-refractivity contribution is 0.226. The summed E-state index contributed by atoms with van der Waals surface area (Å²) in [6.07, 6.45) is 4.90. The van der Waals surface area contributed by atoms with Crippen molar-refractivity contribution in [2.75, 3.05) is 26.4 Å². The van der Waals surface area contributed by atoms with E-state index in [2.05, 4.69) is 45.7 Å². The summed E-state index contributed by atoms with van der Waals surface area (Å²) in [6, 6.07) is 0. The Morgan fingerprint density at radius 3 is 1.07 bits per heavy atom. The number of halogens is 2. The molecule has 0 amide bonds. The molecule has 0 rings (SSSR count). The zero-order valence-corrected chi connectivity index (χ0v) is 24.1. The normalized spacial score (nSPS) is 14.5. The maximum atomic E-state index is 13.5. The van der Waals surface area contributed by atoms with Crippen LogP contribution >= 0.6 is 47.1 Å². The summed E-state index contributed by atoms with van der Waals surface area (Å²) in [5.41, 5.74) is 1.56.